The van der Waals surface area contributed by atoms with E-state index < -0.39 is 26.6 Å². The molecule has 1 aliphatic rings. The van der Waals surface area contributed by atoms with E-state index in [1.165, 1.54) is 4.31 Å². The van der Waals surface area contributed by atoms with Crippen LogP contribution in [0.5, 0.6) is 0 Å². The van der Waals surface area contributed by atoms with Crippen LogP contribution in [0.4, 0.5) is 8.78 Å². The van der Waals surface area contributed by atoms with E-state index in [4.69, 9.17) is 5.26 Å². The Balaban J connectivity index is 2.10. The van der Waals surface area contributed by atoms with E-state index in [0.29, 0.717) is 25.7 Å². The van der Waals surface area contributed by atoms with Gasteiger partial charge in [0.15, 0.2) is 0 Å². The SMILES string of the molecule is C[C@H](C#N)C[NH+]1CCN(S(=O)(=O)c2cc(F)ccc2F)CC1. The Morgan fingerprint density at radius 2 is 2.00 bits per heavy atom. The van der Waals surface area contributed by atoms with Crippen molar-refractivity contribution in [3.05, 3.63) is 29.8 Å². The van der Waals surface area contributed by atoms with Crippen molar-refractivity contribution in [2.45, 2.75) is 11.8 Å². The van der Waals surface area contributed by atoms with E-state index in [1.54, 1.807) is 0 Å². The van der Waals surface area contributed by atoms with Crippen LogP contribution in [-0.2, 0) is 10.0 Å². The lowest BCUT2D eigenvalue weighted by molar-refractivity contribution is -0.905. The fourth-order valence-corrected chi connectivity index (χ4v) is 4.06. The highest BCUT2D eigenvalue weighted by atomic mass is 32.2. The fraction of sp³-hybridized carbons (Fsp3) is 0.500. The van der Waals surface area contributed by atoms with Crippen molar-refractivity contribution in [2.24, 2.45) is 5.92 Å². The highest BCUT2D eigenvalue weighted by Gasteiger charge is 2.32. The summed E-state index contributed by atoms with van der Waals surface area (Å²) >= 11 is 0. The number of sulfonamides is 1. The molecule has 1 N–H and O–H groups in total. The van der Waals surface area contributed by atoms with Gasteiger partial charge in [0.2, 0.25) is 10.0 Å². The fourth-order valence-electron chi connectivity index (χ4n) is 2.54. The molecule has 0 spiro atoms. The molecule has 0 radical (unpaired) electrons. The van der Waals surface area contributed by atoms with Crippen LogP contribution in [0.25, 0.3) is 0 Å². The zero-order chi connectivity index (χ0) is 16.3. The Hall–Kier alpha value is -1.56. The number of nitrogens with zero attached hydrogens (tertiary/aromatic N) is 2. The number of halogens is 2. The number of quaternary nitrogens is 1. The molecule has 0 saturated carbocycles. The standard InChI is InChI=1S/C14H17F2N3O2S/c1-11(9-17)10-18-4-6-19(7-5-18)22(20,21)14-8-12(15)2-3-13(14)16/h2-3,8,11H,4-7,10H2,1H3/p+1/t11-/m1/s1. The molecule has 0 unspecified atom stereocenters. The highest BCUT2D eigenvalue weighted by molar-refractivity contribution is 7.89. The quantitative estimate of drug-likeness (QED) is 0.846. The van der Waals surface area contributed by atoms with Gasteiger partial charge in [0.1, 0.15) is 16.5 Å². The van der Waals surface area contributed by atoms with E-state index in [9.17, 15) is 17.2 Å². The third-order valence-corrected chi connectivity index (χ3v) is 5.67. The number of hydrogen-bond acceptors (Lipinski definition) is 3. The predicted molar refractivity (Wildman–Crippen MR) is 75.5 cm³/mol. The molecule has 0 amide bonds. The molecular formula is C14H18F2N3O2S+. The van der Waals surface area contributed by atoms with Crippen LogP contribution in [0, 0.1) is 28.9 Å². The molecule has 5 nitrogen and oxygen atoms in total. The lowest BCUT2D eigenvalue weighted by Crippen LogP contribution is -3.15. The summed E-state index contributed by atoms with van der Waals surface area (Å²) < 4.78 is 52.9. The van der Waals surface area contributed by atoms with Crippen molar-refractivity contribution >= 4 is 10.0 Å². The van der Waals surface area contributed by atoms with Gasteiger partial charge in [-0.1, -0.05) is 0 Å². The molecule has 22 heavy (non-hydrogen) atoms. The summed E-state index contributed by atoms with van der Waals surface area (Å²) in [6.45, 7) is 4.01. The molecule has 0 aliphatic carbocycles. The summed E-state index contributed by atoms with van der Waals surface area (Å²) in [7, 11) is -4.03. The first kappa shape index (κ1) is 16.8. The van der Waals surface area contributed by atoms with Crippen LogP contribution < -0.4 is 4.90 Å². The van der Waals surface area contributed by atoms with Crippen LogP contribution in [0.1, 0.15) is 6.92 Å². The van der Waals surface area contributed by atoms with Crippen molar-refractivity contribution in [1.29, 1.82) is 5.26 Å². The predicted octanol–water partition coefficient (Wildman–Crippen LogP) is 0.0137. The maximum atomic E-state index is 13.7. The Morgan fingerprint density at radius 3 is 2.59 bits per heavy atom. The molecule has 1 atom stereocenters. The number of benzene rings is 1. The first-order valence-corrected chi connectivity index (χ1v) is 8.47. The molecule has 1 aliphatic heterocycles. The smallest absolute Gasteiger partial charge is 0.246 e. The zero-order valence-corrected chi connectivity index (χ0v) is 13.0. The largest absolute Gasteiger partial charge is 0.332 e. The van der Waals surface area contributed by atoms with E-state index in [0.717, 1.165) is 17.0 Å². The number of nitrogens with one attached hydrogen (secondary N) is 1. The van der Waals surface area contributed by atoms with E-state index in [2.05, 4.69) is 6.07 Å². The third kappa shape index (κ3) is 3.61. The molecule has 8 heteroatoms. The van der Waals surface area contributed by atoms with Gasteiger partial charge in [0.05, 0.1) is 44.7 Å². The first-order valence-electron chi connectivity index (χ1n) is 7.03. The molecule has 1 aromatic rings. The summed E-state index contributed by atoms with van der Waals surface area (Å²) in [6, 6.07) is 4.57. The van der Waals surface area contributed by atoms with Crippen molar-refractivity contribution in [3.8, 4) is 6.07 Å². The van der Waals surface area contributed by atoms with Gasteiger partial charge in [0, 0.05) is 0 Å². The molecule has 0 bridgehead atoms. The van der Waals surface area contributed by atoms with Crippen LogP contribution in [0.2, 0.25) is 0 Å². The lowest BCUT2D eigenvalue weighted by Gasteiger charge is -2.32. The van der Waals surface area contributed by atoms with Crippen LogP contribution in [0.3, 0.4) is 0 Å². The van der Waals surface area contributed by atoms with Crippen LogP contribution in [0.15, 0.2) is 23.1 Å². The van der Waals surface area contributed by atoms with Crippen molar-refractivity contribution in [2.75, 3.05) is 32.7 Å². The van der Waals surface area contributed by atoms with Gasteiger partial charge in [-0.25, -0.2) is 17.2 Å². The second-order valence-electron chi connectivity index (χ2n) is 5.46. The molecule has 1 heterocycles. The molecule has 120 valence electrons. The molecule has 1 aromatic carbocycles. The second kappa shape index (κ2) is 6.69. The van der Waals surface area contributed by atoms with E-state index in [1.807, 2.05) is 6.92 Å². The second-order valence-corrected chi connectivity index (χ2v) is 7.37. The molecular weight excluding hydrogens is 312 g/mol. The van der Waals surface area contributed by atoms with Gasteiger partial charge in [0.25, 0.3) is 0 Å². The topological polar surface area (TPSA) is 65.6 Å². The number of piperazine rings is 1. The minimum absolute atomic E-state index is 0.0983. The van der Waals surface area contributed by atoms with Crippen LogP contribution >= 0.6 is 0 Å². The van der Waals surface area contributed by atoms with Crippen molar-refractivity contribution in [1.82, 2.24) is 4.31 Å². The van der Waals surface area contributed by atoms with E-state index in [-0.39, 0.29) is 19.0 Å². The summed E-state index contributed by atoms with van der Waals surface area (Å²) in [6.07, 6.45) is 0. The number of hydrogen-bond donors (Lipinski definition) is 1. The summed E-state index contributed by atoms with van der Waals surface area (Å²) in [4.78, 5) is 0.515. The molecule has 1 fully saturated rings. The number of nitriles is 1. The highest BCUT2D eigenvalue weighted by Crippen LogP contribution is 2.20. The maximum Gasteiger partial charge on any atom is 0.246 e. The third-order valence-electron chi connectivity index (χ3n) is 3.76. The van der Waals surface area contributed by atoms with Gasteiger partial charge in [-0.15, -0.1) is 0 Å². The molecule has 2 rings (SSSR count). The normalized spacial score (nSPS) is 18.8. The molecule has 1 saturated heterocycles. The Bertz CT molecular complexity index is 680. The van der Waals surface area contributed by atoms with Gasteiger partial charge in [-0.3, -0.25) is 0 Å². The van der Waals surface area contributed by atoms with Crippen molar-refractivity contribution < 1.29 is 22.1 Å². The van der Waals surface area contributed by atoms with Gasteiger partial charge >= 0.3 is 0 Å². The summed E-state index contributed by atoms with van der Waals surface area (Å²) in [5, 5.41) is 8.81. The van der Waals surface area contributed by atoms with Crippen molar-refractivity contribution in [3.63, 3.8) is 0 Å². The number of rotatable bonds is 4. The van der Waals surface area contributed by atoms with Gasteiger partial charge in [-0.2, -0.15) is 9.57 Å². The Kier molecular flexibility index (Phi) is 5.11. The minimum atomic E-state index is -4.03. The minimum Gasteiger partial charge on any atom is -0.332 e. The lowest BCUT2D eigenvalue weighted by atomic mass is 10.2. The average molecular weight is 330 g/mol. The zero-order valence-electron chi connectivity index (χ0n) is 12.2. The summed E-state index contributed by atoms with van der Waals surface area (Å²) in [5.74, 6) is -1.83. The average Bonchev–Trinajstić information content (AvgIpc) is 2.50. The van der Waals surface area contributed by atoms with E-state index >= 15 is 0 Å². The Labute approximate surface area is 128 Å². The van der Waals surface area contributed by atoms with Gasteiger partial charge in [-0.05, 0) is 25.1 Å². The van der Waals surface area contributed by atoms with Gasteiger partial charge < -0.3 is 4.90 Å². The molecule has 0 aromatic heterocycles. The maximum absolute atomic E-state index is 13.7. The Morgan fingerprint density at radius 1 is 1.36 bits per heavy atom. The van der Waals surface area contributed by atoms with Crippen LogP contribution in [-0.4, -0.2) is 45.4 Å². The summed E-state index contributed by atoms with van der Waals surface area (Å²) in [5.41, 5.74) is 0. The monoisotopic (exact) mass is 330 g/mol. The first-order chi connectivity index (χ1) is 10.3.